The molecule has 1 rings (SSSR count). The summed E-state index contributed by atoms with van der Waals surface area (Å²) in [6, 6.07) is 3.18. The van der Waals surface area contributed by atoms with Crippen LogP contribution in [0.15, 0.2) is 12.1 Å². The zero-order chi connectivity index (χ0) is 11.6. The molecule has 0 atom stereocenters. The van der Waals surface area contributed by atoms with Gasteiger partial charge in [-0.05, 0) is 32.4 Å². The Morgan fingerprint density at radius 3 is 2.53 bits per heavy atom. The van der Waals surface area contributed by atoms with Gasteiger partial charge in [0.2, 0.25) is 0 Å². The van der Waals surface area contributed by atoms with Crippen LogP contribution >= 0.6 is 0 Å². The Labute approximate surface area is 88.7 Å². The lowest BCUT2D eigenvalue weighted by Gasteiger charge is -2.15. The molecule has 0 spiro atoms. The zero-order valence-corrected chi connectivity index (χ0v) is 9.07. The Bertz CT molecular complexity index is 386. The predicted octanol–water partition coefficient (Wildman–Crippen LogP) is 1.59. The van der Waals surface area contributed by atoms with Crippen LogP contribution in [0.5, 0.6) is 11.5 Å². The maximum Gasteiger partial charge on any atom is 0.252 e. The van der Waals surface area contributed by atoms with Gasteiger partial charge in [-0.2, -0.15) is 0 Å². The number of primary amides is 1. The van der Waals surface area contributed by atoms with Crippen LogP contribution in [0.25, 0.3) is 0 Å². The number of hydrogen-bond acceptors (Lipinski definition) is 3. The summed E-state index contributed by atoms with van der Waals surface area (Å²) in [6.07, 6.45) is -0.0715. The van der Waals surface area contributed by atoms with Gasteiger partial charge < -0.3 is 15.6 Å². The molecule has 1 aromatic rings. The van der Waals surface area contributed by atoms with Crippen LogP contribution in [-0.2, 0) is 0 Å². The van der Waals surface area contributed by atoms with Crippen molar-refractivity contribution >= 4 is 5.91 Å². The van der Waals surface area contributed by atoms with Crippen LogP contribution in [0.4, 0.5) is 0 Å². The lowest BCUT2D eigenvalue weighted by atomic mass is 10.1. The van der Waals surface area contributed by atoms with Gasteiger partial charge in [0.1, 0.15) is 0 Å². The summed E-state index contributed by atoms with van der Waals surface area (Å²) in [5.41, 5.74) is 5.96. The SMILES string of the molecule is Cc1ccc(C(N)=O)c(O)c1OC(C)C. The van der Waals surface area contributed by atoms with Crippen molar-refractivity contribution in [2.24, 2.45) is 5.73 Å². The molecule has 0 aliphatic carbocycles. The zero-order valence-electron chi connectivity index (χ0n) is 9.07. The van der Waals surface area contributed by atoms with Gasteiger partial charge in [-0.25, -0.2) is 0 Å². The normalized spacial score (nSPS) is 10.4. The van der Waals surface area contributed by atoms with Crippen molar-refractivity contribution in [2.45, 2.75) is 26.9 Å². The van der Waals surface area contributed by atoms with E-state index in [1.165, 1.54) is 6.07 Å². The average molecular weight is 209 g/mol. The largest absolute Gasteiger partial charge is 0.504 e. The van der Waals surface area contributed by atoms with Crippen molar-refractivity contribution in [3.63, 3.8) is 0 Å². The first-order chi connectivity index (χ1) is 6.93. The molecule has 1 aromatic carbocycles. The molecule has 3 N–H and O–H groups in total. The molecular weight excluding hydrogens is 194 g/mol. The molecule has 1 amide bonds. The molecule has 82 valence electrons. The topological polar surface area (TPSA) is 72.6 Å². The van der Waals surface area contributed by atoms with E-state index in [9.17, 15) is 9.90 Å². The highest BCUT2D eigenvalue weighted by Gasteiger charge is 2.15. The number of ether oxygens (including phenoxy) is 1. The van der Waals surface area contributed by atoms with Crippen molar-refractivity contribution in [3.8, 4) is 11.5 Å². The lowest BCUT2D eigenvalue weighted by molar-refractivity contribution is 0.0996. The molecule has 0 saturated heterocycles. The second-order valence-electron chi connectivity index (χ2n) is 3.64. The summed E-state index contributed by atoms with van der Waals surface area (Å²) >= 11 is 0. The number of aryl methyl sites for hydroxylation is 1. The van der Waals surface area contributed by atoms with Crippen molar-refractivity contribution < 1.29 is 14.6 Å². The number of carbonyl (C=O) groups excluding carboxylic acids is 1. The highest BCUT2D eigenvalue weighted by Crippen LogP contribution is 2.33. The van der Waals surface area contributed by atoms with E-state index in [0.717, 1.165) is 5.56 Å². The Kier molecular flexibility index (Phi) is 3.19. The van der Waals surface area contributed by atoms with Crippen molar-refractivity contribution in [3.05, 3.63) is 23.3 Å². The van der Waals surface area contributed by atoms with Gasteiger partial charge in [0.25, 0.3) is 5.91 Å². The highest BCUT2D eigenvalue weighted by atomic mass is 16.5. The smallest absolute Gasteiger partial charge is 0.252 e. The van der Waals surface area contributed by atoms with E-state index in [4.69, 9.17) is 10.5 Å². The van der Waals surface area contributed by atoms with Crippen LogP contribution in [0.2, 0.25) is 0 Å². The number of carbonyl (C=O) groups is 1. The number of phenols is 1. The van der Waals surface area contributed by atoms with E-state index in [1.54, 1.807) is 13.0 Å². The average Bonchev–Trinajstić information content (AvgIpc) is 2.11. The van der Waals surface area contributed by atoms with Gasteiger partial charge >= 0.3 is 0 Å². The highest BCUT2D eigenvalue weighted by molar-refractivity contribution is 5.96. The molecule has 0 saturated carbocycles. The number of hydrogen-bond donors (Lipinski definition) is 2. The van der Waals surface area contributed by atoms with Gasteiger partial charge in [-0.15, -0.1) is 0 Å². The number of benzene rings is 1. The maximum absolute atomic E-state index is 11.0. The van der Waals surface area contributed by atoms with E-state index in [1.807, 2.05) is 13.8 Å². The number of nitrogens with two attached hydrogens (primary N) is 1. The third-order valence-electron chi connectivity index (χ3n) is 1.95. The molecule has 4 nitrogen and oxygen atoms in total. The van der Waals surface area contributed by atoms with Gasteiger partial charge in [0.15, 0.2) is 11.5 Å². The molecule has 0 fully saturated rings. The molecule has 0 unspecified atom stereocenters. The van der Waals surface area contributed by atoms with Gasteiger partial charge in [-0.3, -0.25) is 4.79 Å². The quantitative estimate of drug-likeness (QED) is 0.793. The van der Waals surface area contributed by atoms with Gasteiger partial charge in [0.05, 0.1) is 11.7 Å². The van der Waals surface area contributed by atoms with Crippen LogP contribution in [-0.4, -0.2) is 17.1 Å². The summed E-state index contributed by atoms with van der Waals surface area (Å²) in [4.78, 5) is 11.0. The molecule has 4 heteroatoms. The molecule has 0 aliphatic heterocycles. The first kappa shape index (κ1) is 11.4. The van der Waals surface area contributed by atoms with Gasteiger partial charge in [-0.1, -0.05) is 6.07 Å². The molecule has 0 aliphatic rings. The fraction of sp³-hybridized carbons (Fsp3) is 0.364. The molecule has 0 bridgehead atoms. The standard InChI is InChI=1S/C11H15NO3/c1-6(2)15-10-7(3)4-5-8(9(10)13)11(12)14/h4-6,13H,1-3H3,(H2,12,14). The summed E-state index contributed by atoms with van der Waals surface area (Å²) in [6.45, 7) is 5.48. The van der Waals surface area contributed by atoms with E-state index < -0.39 is 5.91 Å². The Hall–Kier alpha value is -1.71. The minimum absolute atomic E-state index is 0.0715. The molecular formula is C11H15NO3. The monoisotopic (exact) mass is 209 g/mol. The predicted molar refractivity (Wildman–Crippen MR) is 57.1 cm³/mol. The van der Waals surface area contributed by atoms with E-state index in [2.05, 4.69) is 0 Å². The lowest BCUT2D eigenvalue weighted by Crippen LogP contribution is -2.13. The summed E-state index contributed by atoms with van der Waals surface area (Å²) < 4.78 is 5.41. The molecule has 0 heterocycles. The number of rotatable bonds is 3. The summed E-state index contributed by atoms with van der Waals surface area (Å²) in [5.74, 6) is -0.529. The third kappa shape index (κ3) is 2.40. The second kappa shape index (κ2) is 4.21. The van der Waals surface area contributed by atoms with Crippen molar-refractivity contribution in [1.82, 2.24) is 0 Å². The van der Waals surface area contributed by atoms with Crippen LogP contribution in [0.1, 0.15) is 29.8 Å². The minimum atomic E-state index is -0.666. The van der Waals surface area contributed by atoms with E-state index in [0.29, 0.717) is 5.75 Å². The Morgan fingerprint density at radius 1 is 1.47 bits per heavy atom. The van der Waals surface area contributed by atoms with Crippen molar-refractivity contribution in [2.75, 3.05) is 0 Å². The number of aromatic hydroxyl groups is 1. The fourth-order valence-corrected chi connectivity index (χ4v) is 1.26. The summed E-state index contributed by atoms with van der Waals surface area (Å²) in [5, 5.41) is 9.76. The van der Waals surface area contributed by atoms with E-state index in [-0.39, 0.29) is 17.4 Å². The maximum atomic E-state index is 11.0. The molecule has 15 heavy (non-hydrogen) atoms. The molecule has 0 aromatic heterocycles. The Morgan fingerprint density at radius 2 is 2.07 bits per heavy atom. The van der Waals surface area contributed by atoms with Crippen LogP contribution in [0.3, 0.4) is 0 Å². The first-order valence-corrected chi connectivity index (χ1v) is 4.72. The molecule has 0 radical (unpaired) electrons. The van der Waals surface area contributed by atoms with E-state index >= 15 is 0 Å². The fourth-order valence-electron chi connectivity index (χ4n) is 1.26. The van der Waals surface area contributed by atoms with Gasteiger partial charge in [0, 0.05) is 0 Å². The van der Waals surface area contributed by atoms with Crippen LogP contribution in [0, 0.1) is 6.92 Å². The first-order valence-electron chi connectivity index (χ1n) is 4.72. The van der Waals surface area contributed by atoms with Crippen molar-refractivity contribution in [1.29, 1.82) is 0 Å². The Balaban J connectivity index is 3.24. The summed E-state index contributed by atoms with van der Waals surface area (Å²) in [7, 11) is 0. The third-order valence-corrected chi connectivity index (χ3v) is 1.95. The van der Waals surface area contributed by atoms with Crippen LogP contribution < -0.4 is 10.5 Å². The number of amides is 1. The second-order valence-corrected chi connectivity index (χ2v) is 3.64. The minimum Gasteiger partial charge on any atom is -0.504 e.